The lowest BCUT2D eigenvalue weighted by atomic mass is 10.0. The number of hydrogen-bond acceptors (Lipinski definition) is 7. The van der Waals surface area contributed by atoms with Crippen LogP contribution in [0.25, 0.3) is 0 Å². The molecule has 192 valence electrons. The van der Waals surface area contributed by atoms with E-state index >= 15 is 0 Å². The summed E-state index contributed by atoms with van der Waals surface area (Å²) >= 11 is 0. The van der Waals surface area contributed by atoms with E-state index in [2.05, 4.69) is 28.5 Å². The van der Waals surface area contributed by atoms with Crippen molar-refractivity contribution in [2.75, 3.05) is 44.3 Å². The molecular weight excluding hydrogens is 468 g/mol. The Morgan fingerprint density at radius 2 is 1.97 bits per heavy atom. The first-order valence-electron chi connectivity index (χ1n) is 11.8. The minimum absolute atomic E-state index is 0.00643. The minimum atomic E-state index is -3.47. The highest BCUT2D eigenvalue weighted by atomic mass is 32.2. The molecule has 9 nitrogen and oxygen atoms in total. The molecule has 35 heavy (non-hydrogen) atoms. The van der Waals surface area contributed by atoms with Crippen LogP contribution in [-0.4, -0.2) is 80.9 Å². The number of likely N-dealkylation sites (N-methyl/N-ethyl adjacent to an activating group) is 1. The number of sulfonamides is 1. The van der Waals surface area contributed by atoms with Gasteiger partial charge in [0.15, 0.2) is 0 Å². The lowest BCUT2D eigenvalue weighted by Crippen LogP contribution is -2.46. The Hall–Kier alpha value is -2.69. The number of anilines is 1. The number of carbonyl (C=O) groups excluding carboxylic acids is 1. The summed E-state index contributed by atoms with van der Waals surface area (Å²) in [6, 6.07) is 10.6. The number of methoxy groups -OCH3 is 1. The van der Waals surface area contributed by atoms with Gasteiger partial charge in [-0.05, 0) is 44.0 Å². The van der Waals surface area contributed by atoms with Crippen LogP contribution in [0, 0.1) is 5.92 Å². The Balaban J connectivity index is 1.96. The second kappa shape index (κ2) is 11.8. The van der Waals surface area contributed by atoms with Crippen LogP contribution in [0.3, 0.4) is 0 Å². The number of ether oxygens (including phenoxy) is 2. The summed E-state index contributed by atoms with van der Waals surface area (Å²) in [5.41, 5.74) is 1.68. The smallest absolute Gasteiger partial charge is 0.257 e. The molecule has 0 spiro atoms. The first kappa shape index (κ1) is 26.9. The summed E-state index contributed by atoms with van der Waals surface area (Å²) in [4.78, 5) is 21.7. The Labute approximate surface area is 208 Å². The zero-order valence-electron chi connectivity index (χ0n) is 21.1. The molecule has 0 radical (unpaired) electrons. The van der Waals surface area contributed by atoms with Crippen LogP contribution in [0.4, 0.5) is 5.69 Å². The lowest BCUT2D eigenvalue weighted by Gasteiger charge is -2.35. The van der Waals surface area contributed by atoms with Gasteiger partial charge in [-0.15, -0.1) is 0 Å². The number of fused-ring (bicyclic) bond motifs is 1. The van der Waals surface area contributed by atoms with Gasteiger partial charge in [0.1, 0.15) is 12.4 Å². The Morgan fingerprint density at radius 3 is 2.63 bits per heavy atom. The molecule has 0 saturated heterocycles. The summed E-state index contributed by atoms with van der Waals surface area (Å²) in [6.45, 7) is 7.85. The van der Waals surface area contributed by atoms with E-state index in [0.29, 0.717) is 36.7 Å². The normalized spacial score (nSPS) is 22.5. The van der Waals surface area contributed by atoms with Crippen LogP contribution in [0.15, 0.2) is 42.6 Å². The molecule has 3 rings (SSSR count). The molecule has 1 aliphatic heterocycles. The van der Waals surface area contributed by atoms with Gasteiger partial charge in [-0.3, -0.25) is 19.4 Å². The summed E-state index contributed by atoms with van der Waals surface area (Å²) in [5, 5.41) is 0. The minimum Gasteiger partial charge on any atom is -0.491 e. The number of benzene rings is 1. The molecule has 3 atom stereocenters. The van der Waals surface area contributed by atoms with Gasteiger partial charge in [-0.25, -0.2) is 8.42 Å². The van der Waals surface area contributed by atoms with Crippen molar-refractivity contribution in [2.45, 2.75) is 39.5 Å². The topological polar surface area (TPSA) is 101 Å². The molecule has 0 fully saturated rings. The van der Waals surface area contributed by atoms with Gasteiger partial charge in [-0.2, -0.15) is 0 Å². The third kappa shape index (κ3) is 7.16. The summed E-state index contributed by atoms with van der Waals surface area (Å²) in [6.07, 6.45) is 1.62. The summed E-state index contributed by atoms with van der Waals surface area (Å²) < 4.78 is 38.6. The zero-order chi connectivity index (χ0) is 25.6. The van der Waals surface area contributed by atoms with E-state index in [1.807, 2.05) is 18.2 Å². The van der Waals surface area contributed by atoms with Gasteiger partial charge in [0, 0.05) is 52.1 Å². The van der Waals surface area contributed by atoms with E-state index in [4.69, 9.17) is 9.47 Å². The third-order valence-corrected chi connectivity index (χ3v) is 7.63. The van der Waals surface area contributed by atoms with Gasteiger partial charge >= 0.3 is 0 Å². The Bertz CT molecular complexity index is 1100. The van der Waals surface area contributed by atoms with Gasteiger partial charge in [0.2, 0.25) is 10.0 Å². The quantitative estimate of drug-likeness (QED) is 0.646. The second-order valence-corrected chi connectivity index (χ2v) is 11.1. The van der Waals surface area contributed by atoms with Crippen LogP contribution in [0.1, 0.15) is 36.8 Å². The monoisotopic (exact) mass is 504 g/mol. The van der Waals surface area contributed by atoms with E-state index in [1.54, 1.807) is 50.4 Å². The molecule has 0 bridgehead atoms. The summed E-state index contributed by atoms with van der Waals surface area (Å²) in [5.74, 6) is 0.220. The number of rotatable bonds is 6. The first-order chi connectivity index (χ1) is 16.6. The Kier molecular flexibility index (Phi) is 9.09. The lowest BCUT2D eigenvalue weighted by molar-refractivity contribution is 0.00901. The maximum Gasteiger partial charge on any atom is 0.257 e. The number of nitrogens with zero attached hydrogens (tertiary/aromatic N) is 3. The molecule has 10 heteroatoms. The average molecular weight is 505 g/mol. The predicted molar refractivity (Wildman–Crippen MR) is 136 cm³/mol. The second-order valence-electron chi connectivity index (χ2n) is 9.06. The van der Waals surface area contributed by atoms with Crippen LogP contribution >= 0.6 is 0 Å². The molecule has 1 aliphatic rings. The van der Waals surface area contributed by atoms with E-state index < -0.39 is 10.0 Å². The van der Waals surface area contributed by atoms with Crippen molar-refractivity contribution in [3.8, 4) is 5.75 Å². The molecule has 0 aliphatic carbocycles. The van der Waals surface area contributed by atoms with Crippen molar-refractivity contribution in [1.82, 2.24) is 14.8 Å². The third-order valence-electron chi connectivity index (χ3n) is 6.32. The number of hydrogen-bond donors (Lipinski definition) is 1. The van der Waals surface area contributed by atoms with Gasteiger partial charge in [-0.1, -0.05) is 13.0 Å². The number of carbonyl (C=O) groups is 1. The van der Waals surface area contributed by atoms with Crippen molar-refractivity contribution in [1.29, 1.82) is 0 Å². The van der Waals surface area contributed by atoms with Crippen LogP contribution in [0.5, 0.6) is 5.75 Å². The summed E-state index contributed by atoms with van der Waals surface area (Å²) in [7, 11) is -0.0645. The number of nitrogens with one attached hydrogen (secondary N) is 1. The highest BCUT2D eigenvalue weighted by Crippen LogP contribution is 2.27. The van der Waals surface area contributed by atoms with E-state index in [9.17, 15) is 13.2 Å². The first-order valence-corrected chi connectivity index (χ1v) is 13.5. The van der Waals surface area contributed by atoms with E-state index in [0.717, 1.165) is 12.2 Å². The molecule has 1 N–H and O–H groups in total. The van der Waals surface area contributed by atoms with Gasteiger partial charge in [0.05, 0.1) is 28.8 Å². The maximum atomic E-state index is 13.3. The van der Waals surface area contributed by atoms with Crippen LogP contribution in [0.2, 0.25) is 0 Å². The SMILES string of the molecule is CCS(=O)(=O)Nc1ccc2c(c1)OC[C@@H](C)N(Cc1ccccn1)C[C@@H](C)[C@H](OC)CN(C)C2=O. The molecule has 0 saturated carbocycles. The fraction of sp³-hybridized carbons (Fsp3) is 0.520. The molecule has 1 aromatic carbocycles. The van der Waals surface area contributed by atoms with Crippen molar-refractivity contribution in [3.63, 3.8) is 0 Å². The fourth-order valence-electron chi connectivity index (χ4n) is 4.08. The fourth-order valence-corrected chi connectivity index (χ4v) is 4.71. The van der Waals surface area contributed by atoms with Crippen LogP contribution in [-0.2, 0) is 21.3 Å². The van der Waals surface area contributed by atoms with Crippen molar-refractivity contribution < 1.29 is 22.7 Å². The number of amides is 1. The molecular formula is C25H36N4O5S. The van der Waals surface area contributed by atoms with Gasteiger partial charge < -0.3 is 14.4 Å². The molecule has 1 aromatic heterocycles. The van der Waals surface area contributed by atoms with Crippen molar-refractivity contribution in [2.24, 2.45) is 5.92 Å². The van der Waals surface area contributed by atoms with E-state index in [-0.39, 0.29) is 29.7 Å². The van der Waals surface area contributed by atoms with Crippen LogP contribution < -0.4 is 9.46 Å². The Morgan fingerprint density at radius 1 is 1.20 bits per heavy atom. The highest BCUT2D eigenvalue weighted by Gasteiger charge is 2.28. The van der Waals surface area contributed by atoms with Gasteiger partial charge in [0.25, 0.3) is 5.91 Å². The highest BCUT2D eigenvalue weighted by molar-refractivity contribution is 7.92. The number of pyridine rings is 1. The zero-order valence-corrected chi connectivity index (χ0v) is 21.9. The maximum absolute atomic E-state index is 13.3. The molecule has 2 aromatic rings. The average Bonchev–Trinajstić information content (AvgIpc) is 2.84. The molecule has 1 amide bonds. The van der Waals surface area contributed by atoms with Crippen molar-refractivity contribution in [3.05, 3.63) is 53.9 Å². The van der Waals surface area contributed by atoms with Crippen molar-refractivity contribution >= 4 is 21.6 Å². The molecule has 0 unspecified atom stereocenters. The number of aromatic nitrogens is 1. The largest absolute Gasteiger partial charge is 0.491 e. The molecule has 2 heterocycles. The van der Waals surface area contributed by atoms with E-state index in [1.165, 1.54) is 0 Å². The predicted octanol–water partition coefficient (Wildman–Crippen LogP) is 2.85. The standard InChI is InChI=1S/C25H36N4O5S/c1-6-35(31,32)27-20-10-11-22-23(13-20)34-17-19(3)29(15-21-9-7-8-12-26-21)14-18(2)24(33-5)16-28(4)25(22)30/h7-13,18-19,24,27H,6,14-17H2,1-5H3/t18-,19-,24-/m1/s1.